The third kappa shape index (κ3) is 6.40. The second kappa shape index (κ2) is 12.1. The average Bonchev–Trinajstić information content (AvgIpc) is 2.95. The molecule has 11 nitrogen and oxygen atoms in total. The SMILES string of the molecule is CCOc1ncccc1-c1ccc(OC2CC3(C2)CN(c2ccc(F)cc2C#N)C3)c(C(=O)NC2CN(C(=O)OC(C)(C)C)C2)n1. The van der Waals surface area contributed by atoms with Crippen LogP contribution < -0.4 is 19.7 Å². The van der Waals surface area contributed by atoms with Gasteiger partial charge in [-0.1, -0.05) is 0 Å². The number of carbonyl (C=O) groups excluding carboxylic acids is 2. The maximum atomic E-state index is 13.6. The molecule has 0 unspecified atom stereocenters. The molecular weight excluding hydrogens is 591 g/mol. The van der Waals surface area contributed by atoms with Crippen molar-refractivity contribution in [2.24, 2.45) is 5.41 Å². The summed E-state index contributed by atoms with van der Waals surface area (Å²) in [5, 5.41) is 12.4. The molecule has 46 heavy (non-hydrogen) atoms. The molecule has 4 heterocycles. The third-order valence-electron chi connectivity index (χ3n) is 8.36. The highest BCUT2D eigenvalue weighted by Gasteiger charge is 2.54. The van der Waals surface area contributed by atoms with Gasteiger partial charge in [-0.3, -0.25) is 4.79 Å². The number of nitriles is 1. The molecule has 3 aromatic rings. The smallest absolute Gasteiger partial charge is 0.410 e. The Morgan fingerprint density at radius 3 is 2.61 bits per heavy atom. The normalized spacial score (nSPS) is 17.3. The molecule has 2 saturated heterocycles. The highest BCUT2D eigenvalue weighted by atomic mass is 19.1. The summed E-state index contributed by atoms with van der Waals surface area (Å²) < 4.78 is 31.1. The van der Waals surface area contributed by atoms with E-state index in [1.54, 1.807) is 35.4 Å². The lowest BCUT2D eigenvalue weighted by Crippen LogP contribution is -2.65. The number of hydrogen-bond acceptors (Lipinski definition) is 9. The largest absolute Gasteiger partial charge is 0.488 e. The van der Waals surface area contributed by atoms with Crippen molar-refractivity contribution < 1.29 is 28.2 Å². The van der Waals surface area contributed by atoms with Gasteiger partial charge in [0, 0.05) is 37.8 Å². The lowest BCUT2D eigenvalue weighted by atomic mass is 9.61. The van der Waals surface area contributed by atoms with E-state index in [1.165, 1.54) is 12.1 Å². The van der Waals surface area contributed by atoms with E-state index in [9.17, 15) is 19.2 Å². The quantitative estimate of drug-likeness (QED) is 0.368. The Labute approximate surface area is 267 Å². The Kier molecular flexibility index (Phi) is 8.19. The van der Waals surface area contributed by atoms with Crippen LogP contribution in [0.4, 0.5) is 14.9 Å². The van der Waals surface area contributed by atoms with Crippen molar-refractivity contribution in [2.45, 2.75) is 58.3 Å². The van der Waals surface area contributed by atoms with E-state index in [2.05, 4.69) is 21.3 Å². The Bertz CT molecular complexity index is 1680. The van der Waals surface area contributed by atoms with Crippen LogP contribution in [0.2, 0.25) is 0 Å². The molecule has 1 aromatic carbocycles. The van der Waals surface area contributed by atoms with Crippen molar-refractivity contribution in [3.8, 4) is 29.0 Å². The first-order valence-corrected chi connectivity index (χ1v) is 15.4. The number of anilines is 1. The summed E-state index contributed by atoms with van der Waals surface area (Å²) in [5.41, 5.74) is 1.81. The molecular formula is C34H37FN6O5. The molecule has 2 aromatic heterocycles. The molecule has 1 saturated carbocycles. The van der Waals surface area contributed by atoms with E-state index in [0.717, 1.165) is 31.6 Å². The van der Waals surface area contributed by atoms with Gasteiger partial charge < -0.3 is 29.3 Å². The van der Waals surface area contributed by atoms with Crippen LogP contribution >= 0.6 is 0 Å². The number of nitrogens with one attached hydrogen (secondary N) is 1. The van der Waals surface area contributed by atoms with Gasteiger partial charge in [-0.05, 0) is 83.0 Å². The average molecular weight is 629 g/mol. The number of pyridine rings is 2. The van der Waals surface area contributed by atoms with Gasteiger partial charge in [0.1, 0.15) is 23.6 Å². The Hall–Kier alpha value is -4.92. The first-order valence-electron chi connectivity index (χ1n) is 15.4. The molecule has 0 bridgehead atoms. The number of benzene rings is 1. The zero-order chi connectivity index (χ0) is 32.6. The zero-order valence-corrected chi connectivity index (χ0v) is 26.4. The fourth-order valence-corrected chi connectivity index (χ4v) is 6.23. The van der Waals surface area contributed by atoms with Crippen LogP contribution in [0.5, 0.6) is 11.6 Å². The van der Waals surface area contributed by atoms with Crippen LogP contribution in [0.3, 0.4) is 0 Å². The van der Waals surface area contributed by atoms with Gasteiger partial charge in [0.2, 0.25) is 5.88 Å². The van der Waals surface area contributed by atoms with Gasteiger partial charge in [0.05, 0.1) is 35.2 Å². The number of aromatic nitrogens is 2. The molecule has 0 atom stereocenters. The van der Waals surface area contributed by atoms with Crippen molar-refractivity contribution >= 4 is 17.7 Å². The number of likely N-dealkylation sites (tertiary alicyclic amines) is 1. The molecule has 240 valence electrons. The minimum Gasteiger partial charge on any atom is -0.488 e. The van der Waals surface area contributed by atoms with E-state index in [-0.39, 0.29) is 23.3 Å². The molecule has 3 fully saturated rings. The number of nitrogens with zero attached hydrogens (tertiary/aromatic N) is 5. The number of carbonyl (C=O) groups is 2. The van der Waals surface area contributed by atoms with Gasteiger partial charge in [0.15, 0.2) is 11.4 Å². The number of amides is 2. The van der Waals surface area contributed by atoms with Gasteiger partial charge in [-0.2, -0.15) is 5.26 Å². The van der Waals surface area contributed by atoms with Gasteiger partial charge in [-0.15, -0.1) is 0 Å². The molecule has 1 N–H and O–H groups in total. The van der Waals surface area contributed by atoms with E-state index < -0.39 is 23.4 Å². The van der Waals surface area contributed by atoms with Crippen LogP contribution in [0.25, 0.3) is 11.3 Å². The highest BCUT2D eigenvalue weighted by Crippen LogP contribution is 2.51. The van der Waals surface area contributed by atoms with E-state index in [4.69, 9.17) is 19.2 Å². The summed E-state index contributed by atoms with van der Waals surface area (Å²) in [6, 6.07) is 13.3. The minimum absolute atomic E-state index is 0.0424. The molecule has 1 spiro atoms. The molecule has 12 heteroatoms. The summed E-state index contributed by atoms with van der Waals surface area (Å²) in [4.78, 5) is 38.7. The maximum Gasteiger partial charge on any atom is 0.410 e. The predicted molar refractivity (Wildman–Crippen MR) is 167 cm³/mol. The molecule has 3 aliphatic rings. The predicted octanol–water partition coefficient (Wildman–Crippen LogP) is 4.95. The van der Waals surface area contributed by atoms with Gasteiger partial charge in [-0.25, -0.2) is 19.2 Å². The van der Waals surface area contributed by atoms with Crippen molar-refractivity contribution in [2.75, 3.05) is 37.7 Å². The van der Waals surface area contributed by atoms with Crippen LogP contribution in [0, 0.1) is 22.6 Å². The lowest BCUT2D eigenvalue weighted by Gasteiger charge is -2.59. The number of rotatable bonds is 8. The monoisotopic (exact) mass is 628 g/mol. The van der Waals surface area contributed by atoms with Crippen molar-refractivity contribution in [1.82, 2.24) is 20.2 Å². The Balaban J connectivity index is 1.15. The highest BCUT2D eigenvalue weighted by molar-refractivity contribution is 5.96. The second-order valence-corrected chi connectivity index (χ2v) is 13.2. The Morgan fingerprint density at radius 1 is 1.15 bits per heavy atom. The van der Waals surface area contributed by atoms with Crippen LogP contribution in [0.15, 0.2) is 48.7 Å². The first kappa shape index (κ1) is 31.1. The Morgan fingerprint density at radius 2 is 1.91 bits per heavy atom. The van der Waals surface area contributed by atoms with Gasteiger partial charge in [0.25, 0.3) is 5.91 Å². The van der Waals surface area contributed by atoms with Crippen LogP contribution in [0.1, 0.15) is 56.6 Å². The lowest BCUT2D eigenvalue weighted by molar-refractivity contribution is -0.0345. The summed E-state index contributed by atoms with van der Waals surface area (Å²) in [6.45, 7) is 9.88. The first-order chi connectivity index (χ1) is 22.0. The van der Waals surface area contributed by atoms with E-state index >= 15 is 0 Å². The second-order valence-electron chi connectivity index (χ2n) is 13.2. The molecule has 6 rings (SSSR count). The van der Waals surface area contributed by atoms with Gasteiger partial charge >= 0.3 is 6.09 Å². The molecule has 2 amide bonds. The third-order valence-corrected chi connectivity index (χ3v) is 8.36. The minimum atomic E-state index is -0.604. The summed E-state index contributed by atoms with van der Waals surface area (Å²) in [7, 11) is 0. The van der Waals surface area contributed by atoms with E-state index in [1.807, 2.05) is 33.8 Å². The molecule has 0 radical (unpaired) electrons. The standard InChI is InChI=1S/C34H37FN6O5/c1-5-44-31-25(7-6-12-37-31)26-9-11-28(29(39-26)30(42)38-23-17-40(18-23)32(43)46-33(2,3)4)45-24-14-34(15-24)19-41(20-34)27-10-8-22(35)13-21(27)16-36/h6-13,23-24H,5,14-15,17-20H2,1-4H3,(H,38,42). The van der Waals surface area contributed by atoms with Crippen molar-refractivity contribution in [3.05, 3.63) is 65.7 Å². The fourth-order valence-electron chi connectivity index (χ4n) is 6.23. The maximum absolute atomic E-state index is 13.6. The topological polar surface area (TPSA) is 130 Å². The summed E-state index contributed by atoms with van der Waals surface area (Å²) in [6.07, 6.45) is 2.66. The molecule has 1 aliphatic carbocycles. The molecule has 2 aliphatic heterocycles. The van der Waals surface area contributed by atoms with E-state index in [0.29, 0.717) is 48.1 Å². The fraction of sp³-hybridized carbons (Fsp3) is 0.441. The van der Waals surface area contributed by atoms with Crippen LogP contribution in [-0.2, 0) is 4.74 Å². The summed E-state index contributed by atoms with van der Waals surface area (Å²) in [5.74, 6) is -0.0485. The van der Waals surface area contributed by atoms with Crippen LogP contribution in [-0.4, -0.2) is 77.4 Å². The number of hydrogen-bond donors (Lipinski definition) is 1. The summed E-state index contributed by atoms with van der Waals surface area (Å²) >= 11 is 0. The van der Waals surface area contributed by atoms with Crippen molar-refractivity contribution in [1.29, 1.82) is 5.26 Å². The number of ether oxygens (including phenoxy) is 3. The number of halogens is 1. The van der Waals surface area contributed by atoms with Crippen molar-refractivity contribution in [3.63, 3.8) is 0 Å². The zero-order valence-electron chi connectivity index (χ0n) is 26.4.